The Balaban J connectivity index is 1.69. The van der Waals surface area contributed by atoms with E-state index in [1.54, 1.807) is 11.8 Å². The normalized spacial score (nSPS) is 14.9. The predicted molar refractivity (Wildman–Crippen MR) is 131 cm³/mol. The summed E-state index contributed by atoms with van der Waals surface area (Å²) in [7, 11) is 0. The molecule has 3 rings (SSSR count). The highest BCUT2D eigenvalue weighted by molar-refractivity contribution is 9.10. The highest BCUT2D eigenvalue weighted by atomic mass is 79.9. The van der Waals surface area contributed by atoms with Gasteiger partial charge in [0.1, 0.15) is 11.8 Å². The molecule has 0 radical (unpaired) electrons. The van der Waals surface area contributed by atoms with Gasteiger partial charge in [-0.05, 0) is 61.1 Å². The predicted octanol–water partition coefficient (Wildman–Crippen LogP) is 5.43. The zero-order valence-electron chi connectivity index (χ0n) is 19.1. The van der Waals surface area contributed by atoms with Gasteiger partial charge in [-0.25, -0.2) is 0 Å². The molecule has 0 bridgehead atoms. The van der Waals surface area contributed by atoms with Gasteiger partial charge in [0.15, 0.2) is 6.61 Å². The topological polar surface area (TPSA) is 58.6 Å². The molecular weight excluding hydrogens is 468 g/mol. The number of hydrogen-bond acceptors (Lipinski definition) is 3. The highest BCUT2D eigenvalue weighted by Gasteiger charge is 2.28. The van der Waals surface area contributed by atoms with Gasteiger partial charge < -0.3 is 15.0 Å². The molecule has 32 heavy (non-hydrogen) atoms. The second kappa shape index (κ2) is 11.5. The van der Waals surface area contributed by atoms with Crippen molar-refractivity contribution in [1.82, 2.24) is 10.2 Å². The Labute approximate surface area is 199 Å². The summed E-state index contributed by atoms with van der Waals surface area (Å²) in [6, 6.07) is 15.2. The van der Waals surface area contributed by atoms with E-state index in [1.807, 2.05) is 48.5 Å². The fourth-order valence-corrected chi connectivity index (χ4v) is 4.43. The Morgan fingerprint density at radius 1 is 1.09 bits per heavy atom. The van der Waals surface area contributed by atoms with Gasteiger partial charge in [0.05, 0.1) is 0 Å². The van der Waals surface area contributed by atoms with Gasteiger partial charge >= 0.3 is 0 Å². The highest BCUT2D eigenvalue weighted by Crippen LogP contribution is 2.21. The van der Waals surface area contributed by atoms with E-state index in [2.05, 4.69) is 35.1 Å². The van der Waals surface area contributed by atoms with E-state index < -0.39 is 6.04 Å². The fourth-order valence-electron chi connectivity index (χ4n) is 3.98. The van der Waals surface area contributed by atoms with E-state index in [0.717, 1.165) is 35.7 Å². The van der Waals surface area contributed by atoms with Crippen LogP contribution in [0.5, 0.6) is 5.75 Å². The molecule has 1 aliphatic carbocycles. The van der Waals surface area contributed by atoms with E-state index in [4.69, 9.17) is 4.74 Å². The number of carbonyl (C=O) groups is 2. The number of benzene rings is 2. The number of nitrogens with one attached hydrogen (secondary N) is 1. The van der Waals surface area contributed by atoms with Crippen molar-refractivity contribution in [3.8, 4) is 5.75 Å². The summed E-state index contributed by atoms with van der Waals surface area (Å²) >= 11 is 3.48. The van der Waals surface area contributed by atoms with Crippen molar-refractivity contribution in [2.75, 3.05) is 6.61 Å². The van der Waals surface area contributed by atoms with E-state index in [0.29, 0.717) is 18.2 Å². The Bertz CT molecular complexity index is 908. The lowest BCUT2D eigenvalue weighted by atomic mass is 10.0. The molecule has 0 aliphatic heterocycles. The molecule has 0 unspecified atom stereocenters. The number of hydrogen-bond donors (Lipinski definition) is 1. The summed E-state index contributed by atoms with van der Waals surface area (Å²) in [4.78, 5) is 27.7. The Kier molecular flexibility index (Phi) is 8.74. The number of carbonyl (C=O) groups excluding carboxylic acids is 2. The summed E-state index contributed by atoms with van der Waals surface area (Å²) in [5.74, 6) is 0.757. The third-order valence-corrected chi connectivity index (χ3v) is 6.51. The minimum Gasteiger partial charge on any atom is -0.484 e. The van der Waals surface area contributed by atoms with E-state index in [-0.39, 0.29) is 24.5 Å². The molecule has 2 amide bonds. The summed E-state index contributed by atoms with van der Waals surface area (Å²) < 4.78 is 6.71. The Morgan fingerprint density at radius 3 is 2.41 bits per heavy atom. The van der Waals surface area contributed by atoms with Crippen LogP contribution >= 0.6 is 15.9 Å². The second-order valence-corrected chi connectivity index (χ2v) is 9.75. The first-order chi connectivity index (χ1) is 15.3. The second-order valence-electron chi connectivity index (χ2n) is 8.83. The number of nitrogens with zero attached hydrogens (tertiary/aromatic N) is 1. The van der Waals surface area contributed by atoms with Crippen molar-refractivity contribution in [3.63, 3.8) is 0 Å². The minimum atomic E-state index is -0.589. The molecule has 6 heteroatoms. The molecule has 0 heterocycles. The van der Waals surface area contributed by atoms with Crippen molar-refractivity contribution >= 4 is 27.7 Å². The fraction of sp³-hybridized carbons (Fsp3) is 0.462. The van der Waals surface area contributed by atoms with Crippen molar-refractivity contribution in [1.29, 1.82) is 0 Å². The van der Waals surface area contributed by atoms with Crippen LogP contribution < -0.4 is 10.1 Å². The van der Waals surface area contributed by atoms with E-state index in [1.165, 1.54) is 5.56 Å². The van der Waals surface area contributed by atoms with Gasteiger partial charge in [0, 0.05) is 17.1 Å². The summed E-state index contributed by atoms with van der Waals surface area (Å²) in [6.07, 6.45) is 4.30. The summed E-state index contributed by atoms with van der Waals surface area (Å²) in [6.45, 7) is 6.29. The average molecular weight is 501 g/mol. The lowest BCUT2D eigenvalue weighted by molar-refractivity contribution is -0.142. The van der Waals surface area contributed by atoms with Crippen LogP contribution in [-0.4, -0.2) is 35.4 Å². The first kappa shape index (κ1) is 24.3. The molecule has 5 nitrogen and oxygen atoms in total. The van der Waals surface area contributed by atoms with Crippen LogP contribution in [0.15, 0.2) is 53.0 Å². The maximum absolute atomic E-state index is 13.2. The zero-order chi connectivity index (χ0) is 23.1. The third-order valence-electron chi connectivity index (χ3n) is 6.02. The molecule has 1 aliphatic rings. The summed E-state index contributed by atoms with van der Waals surface area (Å²) in [5, 5.41) is 3.12. The van der Waals surface area contributed by atoms with Gasteiger partial charge in [-0.1, -0.05) is 66.9 Å². The van der Waals surface area contributed by atoms with Crippen LogP contribution in [-0.2, 0) is 16.1 Å². The smallest absolute Gasteiger partial charge is 0.261 e. The van der Waals surface area contributed by atoms with Crippen LogP contribution in [0.1, 0.15) is 63.5 Å². The maximum atomic E-state index is 13.2. The molecule has 1 atom stereocenters. The maximum Gasteiger partial charge on any atom is 0.261 e. The number of rotatable bonds is 9. The van der Waals surface area contributed by atoms with Crippen LogP contribution in [0.4, 0.5) is 0 Å². The Hall–Kier alpha value is -2.34. The van der Waals surface area contributed by atoms with Crippen LogP contribution in [0.25, 0.3) is 0 Å². The largest absolute Gasteiger partial charge is 0.484 e. The number of amides is 2. The Morgan fingerprint density at radius 2 is 1.78 bits per heavy atom. The van der Waals surface area contributed by atoms with E-state index in [9.17, 15) is 9.59 Å². The molecule has 0 saturated heterocycles. The van der Waals surface area contributed by atoms with Gasteiger partial charge in [-0.3, -0.25) is 9.59 Å². The van der Waals surface area contributed by atoms with Crippen LogP contribution in [0.2, 0.25) is 0 Å². The molecule has 0 spiro atoms. The lowest BCUT2D eigenvalue weighted by Crippen LogP contribution is -2.50. The molecule has 1 N–H and O–H groups in total. The van der Waals surface area contributed by atoms with Gasteiger partial charge in [0.25, 0.3) is 5.91 Å². The molecule has 1 saturated carbocycles. The van der Waals surface area contributed by atoms with Gasteiger partial charge in [-0.15, -0.1) is 0 Å². The quantitative estimate of drug-likeness (QED) is 0.499. The molecule has 2 aromatic carbocycles. The zero-order valence-corrected chi connectivity index (χ0v) is 20.7. The average Bonchev–Trinajstić information content (AvgIpc) is 3.28. The summed E-state index contributed by atoms with van der Waals surface area (Å²) in [5.41, 5.74) is 2.17. The van der Waals surface area contributed by atoms with Crippen molar-refractivity contribution < 1.29 is 14.3 Å². The molecule has 2 aromatic rings. The third kappa shape index (κ3) is 6.83. The van der Waals surface area contributed by atoms with E-state index >= 15 is 0 Å². The minimum absolute atomic E-state index is 0.110. The molecule has 1 fully saturated rings. The lowest BCUT2D eigenvalue weighted by Gasteiger charge is -2.29. The number of halogens is 1. The van der Waals surface area contributed by atoms with Gasteiger partial charge in [-0.2, -0.15) is 0 Å². The van der Waals surface area contributed by atoms with Crippen molar-refractivity contribution in [2.45, 2.75) is 71.0 Å². The van der Waals surface area contributed by atoms with Crippen molar-refractivity contribution in [3.05, 3.63) is 64.1 Å². The first-order valence-corrected chi connectivity index (χ1v) is 12.2. The van der Waals surface area contributed by atoms with Crippen LogP contribution in [0, 0.1) is 0 Å². The SMILES string of the molecule is CC(C)c1ccc(OCC(=O)N(Cc2cccc(Br)c2)[C@@H](C)C(=O)NC2CCCC2)cc1. The molecular formula is C26H33BrN2O3. The van der Waals surface area contributed by atoms with Gasteiger partial charge in [0.2, 0.25) is 5.91 Å². The molecule has 0 aromatic heterocycles. The van der Waals surface area contributed by atoms with Crippen LogP contribution in [0.3, 0.4) is 0 Å². The first-order valence-electron chi connectivity index (χ1n) is 11.4. The standard InChI is InChI=1S/C26H33BrN2O3/c1-18(2)21-11-13-24(14-12-21)32-17-25(30)29(16-20-7-6-8-22(27)15-20)19(3)26(31)28-23-9-4-5-10-23/h6-8,11-15,18-19,23H,4-5,9-10,16-17H2,1-3H3,(H,28,31)/t19-/m0/s1. The number of ether oxygens (including phenoxy) is 1. The molecule has 172 valence electrons. The monoisotopic (exact) mass is 500 g/mol. The van der Waals surface area contributed by atoms with Crippen molar-refractivity contribution in [2.24, 2.45) is 0 Å².